The second-order valence-corrected chi connectivity index (χ2v) is 6.35. The number of nitrogens with one attached hydrogen (secondary N) is 1. The molecule has 0 radical (unpaired) electrons. The van der Waals surface area contributed by atoms with Crippen molar-refractivity contribution in [2.24, 2.45) is 0 Å². The maximum absolute atomic E-state index is 13.0. The van der Waals surface area contributed by atoms with Crippen LogP contribution in [0, 0.1) is 17.8 Å². The van der Waals surface area contributed by atoms with E-state index in [4.69, 9.17) is 4.98 Å². The summed E-state index contributed by atoms with van der Waals surface area (Å²) in [4.78, 5) is 7.10. The standard InChI is InChI=1S/C22H25FN4/c1-4-26(5-2)16-17-7-12-21-20(15-17)25-22(27(21)6-3)13-14-24-19-10-8-18(23)9-11-19/h7-12,15,24H,4-6,16H2,1-3H3. The molecule has 0 unspecified atom stereocenters. The van der Waals surface area contributed by atoms with Crippen molar-refractivity contribution in [3.05, 3.63) is 59.7 Å². The Labute approximate surface area is 160 Å². The lowest BCUT2D eigenvalue weighted by Gasteiger charge is -2.17. The highest BCUT2D eigenvalue weighted by Gasteiger charge is 2.09. The summed E-state index contributed by atoms with van der Waals surface area (Å²) in [5, 5.41) is 2.98. The van der Waals surface area contributed by atoms with E-state index >= 15 is 0 Å². The summed E-state index contributed by atoms with van der Waals surface area (Å²) in [5.41, 5.74) is 4.07. The molecular weight excluding hydrogens is 339 g/mol. The van der Waals surface area contributed by atoms with Crippen molar-refractivity contribution in [1.29, 1.82) is 0 Å². The summed E-state index contributed by atoms with van der Waals surface area (Å²) in [6.45, 7) is 10.2. The summed E-state index contributed by atoms with van der Waals surface area (Å²) >= 11 is 0. The Morgan fingerprint density at radius 1 is 1.07 bits per heavy atom. The molecule has 4 nitrogen and oxygen atoms in total. The first kappa shape index (κ1) is 18.9. The molecule has 5 heteroatoms. The molecule has 0 aliphatic rings. The minimum atomic E-state index is -0.262. The second-order valence-electron chi connectivity index (χ2n) is 6.35. The zero-order valence-electron chi connectivity index (χ0n) is 16.1. The van der Waals surface area contributed by atoms with Crippen molar-refractivity contribution in [3.63, 3.8) is 0 Å². The second kappa shape index (κ2) is 8.70. The number of hydrogen-bond donors (Lipinski definition) is 1. The summed E-state index contributed by atoms with van der Waals surface area (Å²) in [6.07, 6.45) is 0. The first-order valence-electron chi connectivity index (χ1n) is 9.38. The topological polar surface area (TPSA) is 33.1 Å². The predicted octanol–water partition coefficient (Wildman–Crippen LogP) is 4.46. The largest absolute Gasteiger partial charge is 0.317 e. The number of anilines is 1. The zero-order valence-corrected chi connectivity index (χ0v) is 16.1. The Kier molecular flexibility index (Phi) is 6.10. The van der Waals surface area contributed by atoms with Gasteiger partial charge in [0, 0.05) is 24.8 Å². The van der Waals surface area contributed by atoms with Crippen molar-refractivity contribution < 1.29 is 4.39 Å². The molecule has 0 fully saturated rings. The lowest BCUT2D eigenvalue weighted by Crippen LogP contribution is -2.21. The Balaban J connectivity index is 1.85. The predicted molar refractivity (Wildman–Crippen MR) is 109 cm³/mol. The Hall–Kier alpha value is -2.84. The van der Waals surface area contributed by atoms with Gasteiger partial charge in [-0.3, -0.25) is 4.90 Å². The number of nitrogens with zero attached hydrogens (tertiary/aromatic N) is 3. The van der Waals surface area contributed by atoms with Gasteiger partial charge in [-0.15, -0.1) is 0 Å². The Bertz CT molecular complexity index is 960. The van der Waals surface area contributed by atoms with E-state index < -0.39 is 0 Å². The molecule has 0 bridgehead atoms. The van der Waals surface area contributed by atoms with Crippen LogP contribution in [0.4, 0.5) is 10.1 Å². The van der Waals surface area contributed by atoms with Crippen molar-refractivity contribution in [1.82, 2.24) is 14.5 Å². The monoisotopic (exact) mass is 364 g/mol. The fourth-order valence-electron chi connectivity index (χ4n) is 3.09. The van der Waals surface area contributed by atoms with Gasteiger partial charge in [-0.2, -0.15) is 0 Å². The highest BCUT2D eigenvalue weighted by Crippen LogP contribution is 2.19. The Morgan fingerprint density at radius 2 is 1.81 bits per heavy atom. The number of fused-ring (bicyclic) bond motifs is 1. The number of aromatic nitrogens is 2. The number of benzene rings is 2. The van der Waals surface area contributed by atoms with Crippen LogP contribution in [0.1, 0.15) is 32.2 Å². The molecular formula is C22H25FN4. The molecule has 0 spiro atoms. The van der Waals surface area contributed by atoms with E-state index in [1.165, 1.54) is 17.7 Å². The van der Waals surface area contributed by atoms with Gasteiger partial charge in [0.15, 0.2) is 5.82 Å². The normalized spacial score (nSPS) is 10.9. The number of imidazole rings is 1. The summed E-state index contributed by atoms with van der Waals surface area (Å²) < 4.78 is 15.1. The molecule has 0 atom stereocenters. The third kappa shape index (κ3) is 4.47. The molecule has 27 heavy (non-hydrogen) atoms. The lowest BCUT2D eigenvalue weighted by molar-refractivity contribution is 0.296. The van der Waals surface area contributed by atoms with Crippen LogP contribution in [-0.4, -0.2) is 27.5 Å². The van der Waals surface area contributed by atoms with Crippen molar-refractivity contribution >= 4 is 16.7 Å². The number of halogens is 1. The lowest BCUT2D eigenvalue weighted by atomic mass is 10.2. The SMILES string of the molecule is CCN(CC)Cc1ccc2c(c1)nc(C#CNc1ccc(F)cc1)n2CC. The van der Waals surface area contributed by atoms with Crippen LogP contribution in [-0.2, 0) is 13.1 Å². The average molecular weight is 364 g/mol. The smallest absolute Gasteiger partial charge is 0.188 e. The van der Waals surface area contributed by atoms with E-state index in [0.29, 0.717) is 0 Å². The van der Waals surface area contributed by atoms with Gasteiger partial charge in [-0.1, -0.05) is 19.9 Å². The number of rotatable bonds is 6. The molecule has 140 valence electrons. The highest BCUT2D eigenvalue weighted by atomic mass is 19.1. The van der Waals surface area contributed by atoms with Gasteiger partial charge < -0.3 is 9.88 Å². The third-order valence-electron chi connectivity index (χ3n) is 4.65. The molecule has 0 aliphatic carbocycles. The van der Waals surface area contributed by atoms with Crippen LogP contribution >= 0.6 is 0 Å². The molecule has 1 N–H and O–H groups in total. The van der Waals surface area contributed by atoms with E-state index in [1.54, 1.807) is 12.1 Å². The van der Waals surface area contributed by atoms with Gasteiger partial charge in [0.1, 0.15) is 5.82 Å². The highest BCUT2D eigenvalue weighted by molar-refractivity contribution is 5.77. The van der Waals surface area contributed by atoms with E-state index in [9.17, 15) is 4.39 Å². The number of hydrogen-bond acceptors (Lipinski definition) is 3. The van der Waals surface area contributed by atoms with Crippen molar-refractivity contribution in [2.75, 3.05) is 18.4 Å². The van der Waals surface area contributed by atoms with Crippen LogP contribution in [0.15, 0.2) is 42.5 Å². The fourth-order valence-corrected chi connectivity index (χ4v) is 3.09. The minimum Gasteiger partial charge on any atom is -0.317 e. The van der Waals surface area contributed by atoms with Gasteiger partial charge in [0.2, 0.25) is 0 Å². The van der Waals surface area contributed by atoms with Gasteiger partial charge in [-0.05, 0) is 67.9 Å². The molecule has 1 heterocycles. The molecule has 3 aromatic rings. The Morgan fingerprint density at radius 3 is 2.48 bits per heavy atom. The van der Waals surface area contributed by atoms with Gasteiger partial charge in [-0.25, -0.2) is 9.37 Å². The van der Waals surface area contributed by atoms with Crippen LogP contribution in [0.3, 0.4) is 0 Å². The molecule has 0 aliphatic heterocycles. The molecule has 0 saturated carbocycles. The van der Waals surface area contributed by atoms with E-state index in [1.807, 2.05) is 0 Å². The quantitative estimate of drug-likeness (QED) is 0.518. The first-order valence-corrected chi connectivity index (χ1v) is 9.38. The van der Waals surface area contributed by atoms with Crippen LogP contribution < -0.4 is 5.32 Å². The molecule has 3 rings (SSSR count). The van der Waals surface area contributed by atoms with Crippen molar-refractivity contribution in [3.8, 4) is 12.0 Å². The van der Waals surface area contributed by atoms with Crippen LogP contribution in [0.25, 0.3) is 11.0 Å². The van der Waals surface area contributed by atoms with Crippen molar-refractivity contribution in [2.45, 2.75) is 33.9 Å². The van der Waals surface area contributed by atoms with E-state index in [-0.39, 0.29) is 5.82 Å². The summed E-state index contributed by atoms with van der Waals surface area (Å²) in [5.74, 6) is 3.55. The first-order chi connectivity index (χ1) is 13.1. The molecule has 1 aromatic heterocycles. The van der Waals surface area contributed by atoms with Crippen LogP contribution in [0.5, 0.6) is 0 Å². The molecule has 0 saturated heterocycles. The third-order valence-corrected chi connectivity index (χ3v) is 4.65. The molecule has 0 amide bonds. The van der Waals surface area contributed by atoms with Gasteiger partial charge >= 0.3 is 0 Å². The summed E-state index contributed by atoms with van der Waals surface area (Å²) in [6, 6.07) is 15.5. The van der Waals surface area contributed by atoms with E-state index in [2.05, 4.69) is 65.7 Å². The van der Waals surface area contributed by atoms with E-state index in [0.717, 1.165) is 48.7 Å². The maximum atomic E-state index is 13.0. The zero-order chi connectivity index (χ0) is 19.2. The van der Waals surface area contributed by atoms with Crippen LogP contribution in [0.2, 0.25) is 0 Å². The van der Waals surface area contributed by atoms with Gasteiger partial charge in [0.05, 0.1) is 11.0 Å². The fraction of sp³-hybridized carbons (Fsp3) is 0.318. The average Bonchev–Trinajstić information content (AvgIpc) is 3.04. The summed E-state index contributed by atoms with van der Waals surface area (Å²) in [7, 11) is 0. The number of aryl methyl sites for hydroxylation is 1. The minimum absolute atomic E-state index is 0.262. The van der Waals surface area contributed by atoms with Gasteiger partial charge in [0.25, 0.3) is 0 Å². The maximum Gasteiger partial charge on any atom is 0.188 e. The molecule has 2 aromatic carbocycles.